The summed E-state index contributed by atoms with van der Waals surface area (Å²) in [5.41, 5.74) is 6.70. The van der Waals surface area contributed by atoms with Gasteiger partial charge in [-0.15, -0.1) is 11.3 Å². The predicted molar refractivity (Wildman–Crippen MR) is 74.9 cm³/mol. The van der Waals surface area contributed by atoms with E-state index in [1.807, 2.05) is 16.0 Å². The van der Waals surface area contributed by atoms with Crippen LogP contribution in [0.5, 0.6) is 0 Å². The van der Waals surface area contributed by atoms with Gasteiger partial charge in [0.25, 0.3) is 0 Å². The van der Waals surface area contributed by atoms with E-state index in [1.54, 1.807) is 11.3 Å². The van der Waals surface area contributed by atoms with Crippen LogP contribution < -0.4 is 5.73 Å². The maximum absolute atomic E-state index is 5.63. The van der Waals surface area contributed by atoms with Crippen LogP contribution in [0.1, 0.15) is 5.69 Å². The lowest BCUT2D eigenvalue weighted by atomic mass is 10.2. The Morgan fingerprint density at radius 2 is 2.56 bits per heavy atom. The van der Waals surface area contributed by atoms with Crippen LogP contribution in [-0.4, -0.2) is 45.1 Å². The van der Waals surface area contributed by atoms with E-state index in [4.69, 9.17) is 22.7 Å². The first-order valence-corrected chi connectivity index (χ1v) is 7.05. The zero-order valence-electron chi connectivity index (χ0n) is 9.78. The van der Waals surface area contributed by atoms with Crippen LogP contribution in [0.4, 0.5) is 0 Å². The van der Waals surface area contributed by atoms with Crippen LogP contribution in [0, 0.1) is 0 Å². The van der Waals surface area contributed by atoms with E-state index in [-0.39, 0.29) is 6.10 Å². The minimum absolute atomic E-state index is 0.127. The average molecular weight is 282 g/mol. The van der Waals surface area contributed by atoms with Crippen molar-refractivity contribution < 1.29 is 4.74 Å². The lowest BCUT2D eigenvalue weighted by molar-refractivity contribution is 0.00351. The summed E-state index contributed by atoms with van der Waals surface area (Å²) >= 11 is 6.62. The van der Waals surface area contributed by atoms with Crippen LogP contribution in [-0.2, 0) is 11.3 Å². The Balaban J connectivity index is 1.68. The van der Waals surface area contributed by atoms with E-state index in [1.165, 1.54) is 0 Å². The van der Waals surface area contributed by atoms with E-state index in [0.29, 0.717) is 11.6 Å². The van der Waals surface area contributed by atoms with Crippen molar-refractivity contribution in [2.24, 2.45) is 5.73 Å². The topological polar surface area (TPSA) is 55.8 Å². The molecule has 0 radical (unpaired) electrons. The molecule has 1 atom stereocenters. The molecule has 7 heteroatoms. The highest BCUT2D eigenvalue weighted by Crippen LogP contribution is 2.14. The number of nitrogens with two attached hydrogens (primary N) is 1. The van der Waals surface area contributed by atoms with Gasteiger partial charge in [-0.05, 0) is 0 Å². The summed E-state index contributed by atoms with van der Waals surface area (Å²) in [6.07, 6.45) is 3.96. The lowest BCUT2D eigenvalue weighted by Crippen LogP contribution is -2.47. The number of fused-ring (bicyclic) bond motifs is 1. The molecule has 2 N–H and O–H groups in total. The molecule has 1 saturated heterocycles. The van der Waals surface area contributed by atoms with E-state index >= 15 is 0 Å². The van der Waals surface area contributed by atoms with Crippen molar-refractivity contribution in [1.29, 1.82) is 0 Å². The molecule has 2 aromatic rings. The predicted octanol–water partition coefficient (Wildman–Crippen LogP) is 0.883. The number of thiazole rings is 1. The highest BCUT2D eigenvalue weighted by atomic mass is 32.1. The van der Waals surface area contributed by atoms with Gasteiger partial charge in [0, 0.05) is 37.4 Å². The average Bonchev–Trinajstić information content (AvgIpc) is 2.90. The Bertz CT molecular complexity index is 536. The standard InChI is InChI=1S/C11H14N4OS2/c12-10(17)9-7-14(1-3-16-9)5-8-6-15-2-4-18-11(15)13-8/h2,4,6,9H,1,3,5,7H2,(H2,12,17). The van der Waals surface area contributed by atoms with E-state index in [0.717, 1.165) is 30.3 Å². The van der Waals surface area contributed by atoms with Gasteiger partial charge in [-0.2, -0.15) is 0 Å². The minimum Gasteiger partial charge on any atom is -0.391 e. The Labute approximate surface area is 114 Å². The van der Waals surface area contributed by atoms with Crippen LogP contribution in [0.2, 0.25) is 0 Å². The van der Waals surface area contributed by atoms with Gasteiger partial charge in [0.15, 0.2) is 4.96 Å². The number of ether oxygens (including phenoxy) is 1. The highest BCUT2D eigenvalue weighted by Gasteiger charge is 2.23. The van der Waals surface area contributed by atoms with Gasteiger partial charge in [-0.1, -0.05) is 12.2 Å². The number of hydrogen-bond acceptors (Lipinski definition) is 5. The summed E-state index contributed by atoms with van der Waals surface area (Å²) in [7, 11) is 0. The van der Waals surface area contributed by atoms with Crippen molar-refractivity contribution in [3.63, 3.8) is 0 Å². The van der Waals surface area contributed by atoms with Gasteiger partial charge in [-0.3, -0.25) is 9.30 Å². The fourth-order valence-corrected chi connectivity index (χ4v) is 2.96. The van der Waals surface area contributed by atoms with Gasteiger partial charge in [0.05, 0.1) is 12.3 Å². The number of thiocarbonyl (C=S) groups is 1. The molecular weight excluding hydrogens is 268 g/mol. The molecule has 96 valence electrons. The first-order chi connectivity index (χ1) is 8.72. The second-order valence-electron chi connectivity index (χ2n) is 4.32. The van der Waals surface area contributed by atoms with Gasteiger partial charge >= 0.3 is 0 Å². The molecule has 5 nitrogen and oxygen atoms in total. The summed E-state index contributed by atoms with van der Waals surface area (Å²) in [5.74, 6) is 0. The van der Waals surface area contributed by atoms with Crippen molar-refractivity contribution in [3.8, 4) is 0 Å². The molecule has 0 spiro atoms. The quantitative estimate of drug-likeness (QED) is 0.847. The lowest BCUT2D eigenvalue weighted by Gasteiger charge is -2.31. The summed E-state index contributed by atoms with van der Waals surface area (Å²) in [4.78, 5) is 8.32. The third-order valence-corrected chi connectivity index (χ3v) is 4.03. The van der Waals surface area contributed by atoms with Crippen LogP contribution in [0.3, 0.4) is 0 Å². The molecule has 0 aliphatic carbocycles. The van der Waals surface area contributed by atoms with Crippen LogP contribution in [0.15, 0.2) is 17.8 Å². The largest absolute Gasteiger partial charge is 0.391 e. The molecule has 1 fully saturated rings. The highest BCUT2D eigenvalue weighted by molar-refractivity contribution is 7.80. The summed E-state index contributed by atoms with van der Waals surface area (Å²) in [6, 6.07) is 0. The first-order valence-electron chi connectivity index (χ1n) is 5.77. The van der Waals surface area contributed by atoms with Gasteiger partial charge in [0.1, 0.15) is 11.1 Å². The minimum atomic E-state index is -0.127. The molecule has 0 saturated carbocycles. The molecule has 1 unspecified atom stereocenters. The second kappa shape index (κ2) is 4.93. The Kier molecular flexibility index (Phi) is 3.29. The normalized spacial score (nSPS) is 21.4. The van der Waals surface area contributed by atoms with Gasteiger partial charge in [0.2, 0.25) is 0 Å². The summed E-state index contributed by atoms with van der Waals surface area (Å²) < 4.78 is 7.57. The summed E-state index contributed by atoms with van der Waals surface area (Å²) in [5, 5.41) is 2.03. The SMILES string of the molecule is NC(=S)C1CN(Cc2cn3ccsc3n2)CCO1. The molecule has 1 aliphatic rings. The maximum Gasteiger partial charge on any atom is 0.193 e. The third-order valence-electron chi connectivity index (χ3n) is 3.00. The number of morpholine rings is 1. The Morgan fingerprint density at radius 1 is 1.67 bits per heavy atom. The van der Waals surface area contributed by atoms with Gasteiger partial charge < -0.3 is 10.5 Å². The third kappa shape index (κ3) is 2.39. The van der Waals surface area contributed by atoms with E-state index in [2.05, 4.69) is 16.1 Å². The molecule has 2 aromatic heterocycles. The van der Waals surface area contributed by atoms with Crippen LogP contribution >= 0.6 is 23.6 Å². The Hall–Kier alpha value is -1.02. The van der Waals surface area contributed by atoms with Crippen molar-refractivity contribution in [2.45, 2.75) is 12.6 Å². The molecule has 0 aromatic carbocycles. The smallest absolute Gasteiger partial charge is 0.193 e. The molecular formula is C11H14N4OS2. The molecule has 3 rings (SSSR count). The number of hydrogen-bond donors (Lipinski definition) is 1. The molecule has 3 heterocycles. The monoisotopic (exact) mass is 282 g/mol. The van der Waals surface area contributed by atoms with E-state index in [9.17, 15) is 0 Å². The number of rotatable bonds is 3. The summed E-state index contributed by atoms with van der Waals surface area (Å²) in [6.45, 7) is 3.13. The maximum atomic E-state index is 5.63. The first kappa shape index (κ1) is 12.0. The van der Waals surface area contributed by atoms with Crippen molar-refractivity contribution in [1.82, 2.24) is 14.3 Å². The van der Waals surface area contributed by atoms with Crippen molar-refractivity contribution in [2.75, 3.05) is 19.7 Å². The molecule has 18 heavy (non-hydrogen) atoms. The van der Waals surface area contributed by atoms with E-state index < -0.39 is 0 Å². The molecule has 0 amide bonds. The fourth-order valence-electron chi connectivity index (χ4n) is 2.10. The zero-order chi connectivity index (χ0) is 12.5. The molecule has 0 bridgehead atoms. The number of aromatic nitrogens is 2. The second-order valence-corrected chi connectivity index (χ2v) is 5.67. The van der Waals surface area contributed by atoms with Crippen molar-refractivity contribution >= 4 is 33.5 Å². The number of imidazole rings is 1. The van der Waals surface area contributed by atoms with Crippen molar-refractivity contribution in [3.05, 3.63) is 23.5 Å². The number of nitrogens with zero attached hydrogens (tertiary/aromatic N) is 3. The van der Waals surface area contributed by atoms with Crippen LogP contribution in [0.25, 0.3) is 4.96 Å². The zero-order valence-corrected chi connectivity index (χ0v) is 11.4. The van der Waals surface area contributed by atoms with Gasteiger partial charge in [-0.25, -0.2) is 4.98 Å². The molecule has 1 aliphatic heterocycles. The fraction of sp³-hybridized carbons (Fsp3) is 0.455. The Morgan fingerprint density at radius 3 is 3.33 bits per heavy atom.